The van der Waals surface area contributed by atoms with Gasteiger partial charge in [-0.05, 0) is 18.9 Å². The van der Waals surface area contributed by atoms with E-state index in [0.717, 1.165) is 5.69 Å². The Kier molecular flexibility index (Phi) is 3.06. The average molecular weight is 259 g/mol. The maximum atomic E-state index is 12.0. The molecular weight excluding hydrogens is 242 g/mol. The molecule has 2 heterocycles. The van der Waals surface area contributed by atoms with Gasteiger partial charge in [0.1, 0.15) is 5.82 Å². The van der Waals surface area contributed by atoms with Crippen molar-refractivity contribution in [3.05, 3.63) is 29.7 Å². The standard InChI is InChI=1S/C13H17N5O/c14-13-11(8-15-16-13)12(19)7-9-5-6-18(17-9)10-3-1-2-4-10/h5-6,8,10H,1-4,7H2,(H3,14,15,16). The number of carbonyl (C=O) groups excluding carboxylic acids is 1. The van der Waals surface area contributed by atoms with E-state index in [1.165, 1.54) is 31.9 Å². The van der Waals surface area contributed by atoms with E-state index in [9.17, 15) is 4.79 Å². The van der Waals surface area contributed by atoms with E-state index in [-0.39, 0.29) is 12.2 Å². The fraction of sp³-hybridized carbons (Fsp3) is 0.462. The monoisotopic (exact) mass is 259 g/mol. The number of H-pyrrole nitrogens is 1. The lowest BCUT2D eigenvalue weighted by atomic mass is 10.1. The van der Waals surface area contributed by atoms with Crippen LogP contribution in [-0.2, 0) is 6.42 Å². The topological polar surface area (TPSA) is 89.6 Å². The van der Waals surface area contributed by atoms with Crippen LogP contribution in [0.1, 0.15) is 47.8 Å². The van der Waals surface area contributed by atoms with Crippen LogP contribution in [0.15, 0.2) is 18.5 Å². The van der Waals surface area contributed by atoms with E-state index in [1.807, 2.05) is 16.9 Å². The molecule has 0 aromatic carbocycles. The highest BCUT2D eigenvalue weighted by Gasteiger charge is 2.19. The molecule has 3 N–H and O–H groups in total. The van der Waals surface area contributed by atoms with Gasteiger partial charge in [-0.2, -0.15) is 10.2 Å². The van der Waals surface area contributed by atoms with Crippen molar-refractivity contribution in [2.75, 3.05) is 5.73 Å². The van der Waals surface area contributed by atoms with Gasteiger partial charge in [0.2, 0.25) is 0 Å². The number of hydrogen-bond acceptors (Lipinski definition) is 4. The number of nitrogen functional groups attached to an aromatic ring is 1. The molecule has 19 heavy (non-hydrogen) atoms. The normalized spacial score (nSPS) is 16.0. The van der Waals surface area contributed by atoms with Gasteiger partial charge in [-0.3, -0.25) is 14.6 Å². The maximum Gasteiger partial charge on any atom is 0.174 e. The summed E-state index contributed by atoms with van der Waals surface area (Å²) >= 11 is 0. The van der Waals surface area contributed by atoms with Crippen molar-refractivity contribution in [3.63, 3.8) is 0 Å². The lowest BCUT2D eigenvalue weighted by Crippen LogP contribution is -2.09. The summed E-state index contributed by atoms with van der Waals surface area (Å²) in [4.78, 5) is 12.0. The van der Waals surface area contributed by atoms with Crippen molar-refractivity contribution >= 4 is 11.6 Å². The molecule has 0 saturated heterocycles. The van der Waals surface area contributed by atoms with E-state index in [0.29, 0.717) is 17.4 Å². The van der Waals surface area contributed by atoms with Crippen LogP contribution in [0.3, 0.4) is 0 Å². The Morgan fingerprint density at radius 2 is 2.26 bits per heavy atom. The molecule has 6 heteroatoms. The maximum absolute atomic E-state index is 12.0. The minimum absolute atomic E-state index is 0.0529. The number of nitrogens with two attached hydrogens (primary N) is 1. The van der Waals surface area contributed by atoms with Gasteiger partial charge >= 0.3 is 0 Å². The molecule has 3 rings (SSSR count). The Hall–Kier alpha value is -2.11. The smallest absolute Gasteiger partial charge is 0.174 e. The molecule has 0 spiro atoms. The first-order valence-electron chi connectivity index (χ1n) is 6.60. The number of nitrogens with zero attached hydrogens (tertiary/aromatic N) is 3. The van der Waals surface area contributed by atoms with Crippen LogP contribution in [0.5, 0.6) is 0 Å². The van der Waals surface area contributed by atoms with Crippen molar-refractivity contribution in [3.8, 4) is 0 Å². The predicted molar refractivity (Wildman–Crippen MR) is 70.8 cm³/mol. The molecular formula is C13H17N5O. The molecule has 1 aliphatic rings. The van der Waals surface area contributed by atoms with Gasteiger partial charge in [-0.25, -0.2) is 0 Å². The summed E-state index contributed by atoms with van der Waals surface area (Å²) in [5, 5.41) is 10.8. The Bertz CT molecular complexity index is 579. The Morgan fingerprint density at radius 1 is 1.47 bits per heavy atom. The molecule has 100 valence electrons. The molecule has 1 aliphatic carbocycles. The van der Waals surface area contributed by atoms with Crippen LogP contribution in [0, 0.1) is 0 Å². The van der Waals surface area contributed by atoms with Crippen LogP contribution in [0.2, 0.25) is 0 Å². The molecule has 1 saturated carbocycles. The molecule has 6 nitrogen and oxygen atoms in total. The van der Waals surface area contributed by atoms with Crippen LogP contribution < -0.4 is 5.73 Å². The number of nitrogens with one attached hydrogen (secondary N) is 1. The van der Waals surface area contributed by atoms with Crippen molar-refractivity contribution in [1.29, 1.82) is 0 Å². The second-order valence-corrected chi connectivity index (χ2v) is 5.02. The van der Waals surface area contributed by atoms with E-state index < -0.39 is 0 Å². The van der Waals surface area contributed by atoms with Gasteiger partial charge in [0, 0.05) is 6.20 Å². The quantitative estimate of drug-likeness (QED) is 0.818. The largest absolute Gasteiger partial charge is 0.383 e. The van der Waals surface area contributed by atoms with Crippen molar-refractivity contribution in [2.45, 2.75) is 38.1 Å². The lowest BCUT2D eigenvalue weighted by molar-refractivity contribution is 0.0992. The zero-order valence-corrected chi connectivity index (χ0v) is 10.7. The van der Waals surface area contributed by atoms with E-state index >= 15 is 0 Å². The minimum atomic E-state index is -0.0529. The molecule has 0 bridgehead atoms. The van der Waals surface area contributed by atoms with Gasteiger partial charge in [0.15, 0.2) is 5.78 Å². The second-order valence-electron chi connectivity index (χ2n) is 5.02. The van der Waals surface area contributed by atoms with Crippen LogP contribution in [0.4, 0.5) is 5.82 Å². The zero-order valence-electron chi connectivity index (χ0n) is 10.7. The van der Waals surface area contributed by atoms with Gasteiger partial charge in [0.25, 0.3) is 0 Å². The first-order valence-corrected chi connectivity index (χ1v) is 6.60. The Morgan fingerprint density at radius 3 is 2.95 bits per heavy atom. The first-order chi connectivity index (χ1) is 9.24. The summed E-state index contributed by atoms with van der Waals surface area (Å²) in [5.74, 6) is 0.267. The number of aromatic nitrogens is 4. The van der Waals surface area contributed by atoms with Gasteiger partial charge in [-0.1, -0.05) is 12.8 Å². The first kappa shape index (κ1) is 12.0. The second kappa shape index (κ2) is 4.87. The summed E-state index contributed by atoms with van der Waals surface area (Å²) in [6, 6.07) is 2.41. The van der Waals surface area contributed by atoms with Crippen LogP contribution in [0.25, 0.3) is 0 Å². The highest BCUT2D eigenvalue weighted by molar-refractivity contribution is 6.00. The Balaban J connectivity index is 1.70. The van der Waals surface area contributed by atoms with Gasteiger partial charge < -0.3 is 5.73 Å². The summed E-state index contributed by atoms with van der Waals surface area (Å²) in [6.45, 7) is 0. The third kappa shape index (κ3) is 2.38. The van der Waals surface area contributed by atoms with E-state index in [4.69, 9.17) is 5.73 Å². The van der Waals surface area contributed by atoms with Crippen molar-refractivity contribution < 1.29 is 4.79 Å². The molecule has 0 radical (unpaired) electrons. The number of hydrogen-bond donors (Lipinski definition) is 2. The number of rotatable bonds is 4. The van der Waals surface area contributed by atoms with Crippen molar-refractivity contribution in [2.24, 2.45) is 0 Å². The summed E-state index contributed by atoms with van der Waals surface area (Å²) < 4.78 is 1.99. The summed E-state index contributed by atoms with van der Waals surface area (Å²) in [7, 11) is 0. The van der Waals surface area contributed by atoms with Crippen molar-refractivity contribution in [1.82, 2.24) is 20.0 Å². The molecule has 0 atom stereocenters. The SMILES string of the molecule is Nc1[nH]ncc1C(=O)Cc1ccn(C2CCCC2)n1. The molecule has 2 aromatic heterocycles. The highest BCUT2D eigenvalue weighted by atomic mass is 16.1. The van der Waals surface area contributed by atoms with Crippen LogP contribution in [-0.4, -0.2) is 25.8 Å². The molecule has 0 unspecified atom stereocenters. The fourth-order valence-corrected chi connectivity index (χ4v) is 2.62. The minimum Gasteiger partial charge on any atom is -0.383 e. The zero-order chi connectivity index (χ0) is 13.2. The number of Topliss-reactive ketones (excluding diaryl/α,β-unsaturated/α-hetero) is 1. The third-order valence-electron chi connectivity index (χ3n) is 3.67. The molecule has 0 aliphatic heterocycles. The Labute approximate surface area is 111 Å². The third-order valence-corrected chi connectivity index (χ3v) is 3.67. The number of carbonyl (C=O) groups is 1. The number of ketones is 1. The molecule has 2 aromatic rings. The lowest BCUT2D eigenvalue weighted by Gasteiger charge is -2.08. The van der Waals surface area contributed by atoms with E-state index in [1.54, 1.807) is 0 Å². The predicted octanol–water partition coefficient (Wildman–Crippen LogP) is 1.73. The average Bonchev–Trinajstić information content (AvgIpc) is 3.07. The summed E-state index contributed by atoms with van der Waals surface area (Å²) in [6.07, 6.45) is 8.61. The van der Waals surface area contributed by atoms with Crippen LogP contribution >= 0.6 is 0 Å². The number of anilines is 1. The molecule has 0 amide bonds. The van der Waals surface area contributed by atoms with E-state index in [2.05, 4.69) is 15.3 Å². The highest BCUT2D eigenvalue weighted by Crippen LogP contribution is 2.28. The molecule has 1 fully saturated rings. The number of aromatic amines is 1. The van der Waals surface area contributed by atoms with Gasteiger partial charge in [0.05, 0.1) is 29.9 Å². The van der Waals surface area contributed by atoms with Gasteiger partial charge in [-0.15, -0.1) is 0 Å². The fourth-order valence-electron chi connectivity index (χ4n) is 2.62. The summed E-state index contributed by atoms with van der Waals surface area (Å²) in [5.41, 5.74) is 6.86.